The molecule has 3 aromatic rings. The lowest BCUT2D eigenvalue weighted by Gasteiger charge is -2.25. The summed E-state index contributed by atoms with van der Waals surface area (Å²) in [5.41, 5.74) is 2.34. The smallest absolute Gasteiger partial charge is 0.300 e. The molecule has 174 valence electrons. The van der Waals surface area contributed by atoms with Crippen molar-refractivity contribution in [2.75, 3.05) is 11.5 Å². The van der Waals surface area contributed by atoms with Crippen molar-refractivity contribution in [3.8, 4) is 5.75 Å². The van der Waals surface area contributed by atoms with Gasteiger partial charge in [-0.3, -0.25) is 19.5 Å². The molecule has 1 aliphatic heterocycles. The van der Waals surface area contributed by atoms with Crippen LogP contribution in [0.4, 0.5) is 5.69 Å². The zero-order valence-electron chi connectivity index (χ0n) is 19.2. The van der Waals surface area contributed by atoms with Crippen molar-refractivity contribution in [3.05, 3.63) is 94.3 Å². The van der Waals surface area contributed by atoms with E-state index >= 15 is 0 Å². The summed E-state index contributed by atoms with van der Waals surface area (Å²) in [5, 5.41) is 11.8. The monoisotopic (exact) mass is 476 g/mol. The lowest BCUT2D eigenvalue weighted by Crippen LogP contribution is -2.29. The molecule has 0 saturated carbocycles. The molecule has 4 rings (SSSR count). The Morgan fingerprint density at radius 2 is 1.85 bits per heavy atom. The minimum absolute atomic E-state index is 0.00564. The maximum absolute atomic E-state index is 13.3. The highest BCUT2D eigenvalue weighted by atomic mass is 35.5. The largest absolute Gasteiger partial charge is 0.507 e. The van der Waals surface area contributed by atoms with E-state index in [-0.39, 0.29) is 11.3 Å². The number of anilines is 1. The van der Waals surface area contributed by atoms with Gasteiger partial charge in [0.1, 0.15) is 11.5 Å². The highest BCUT2D eigenvalue weighted by Crippen LogP contribution is 2.43. The van der Waals surface area contributed by atoms with Crippen molar-refractivity contribution < 1.29 is 19.4 Å². The van der Waals surface area contributed by atoms with Crippen LogP contribution in [0.1, 0.15) is 36.6 Å². The number of halogens is 1. The summed E-state index contributed by atoms with van der Waals surface area (Å²) in [6.07, 6.45) is 3.16. The van der Waals surface area contributed by atoms with Crippen molar-refractivity contribution in [3.63, 3.8) is 0 Å². The summed E-state index contributed by atoms with van der Waals surface area (Å²) in [6.45, 7) is 6.45. The van der Waals surface area contributed by atoms with Crippen LogP contribution in [-0.4, -0.2) is 28.4 Å². The molecular weight excluding hydrogens is 452 g/mol. The molecule has 34 heavy (non-hydrogen) atoms. The van der Waals surface area contributed by atoms with E-state index in [9.17, 15) is 14.7 Å². The zero-order chi connectivity index (χ0) is 24.4. The van der Waals surface area contributed by atoms with Crippen LogP contribution in [0, 0.1) is 12.8 Å². The summed E-state index contributed by atoms with van der Waals surface area (Å²) < 4.78 is 5.78. The van der Waals surface area contributed by atoms with Gasteiger partial charge in [-0.2, -0.15) is 0 Å². The number of aryl methyl sites for hydroxylation is 1. The Kier molecular flexibility index (Phi) is 6.70. The van der Waals surface area contributed by atoms with E-state index in [1.165, 1.54) is 4.90 Å². The van der Waals surface area contributed by atoms with E-state index in [0.29, 0.717) is 40.1 Å². The lowest BCUT2D eigenvalue weighted by molar-refractivity contribution is -0.132. The number of aromatic nitrogens is 1. The number of aliphatic hydroxyl groups is 1. The quantitative estimate of drug-likeness (QED) is 0.280. The minimum atomic E-state index is -0.845. The number of carbonyl (C=O) groups excluding carboxylic acids is 2. The number of benzene rings is 2. The molecule has 1 fully saturated rings. The van der Waals surface area contributed by atoms with Gasteiger partial charge in [-0.25, -0.2) is 0 Å². The fourth-order valence-electron chi connectivity index (χ4n) is 3.84. The Bertz CT molecular complexity index is 1270. The third kappa shape index (κ3) is 4.54. The van der Waals surface area contributed by atoms with Crippen LogP contribution in [0.25, 0.3) is 5.76 Å². The molecule has 1 unspecified atom stereocenters. The molecule has 2 heterocycles. The second-order valence-corrected chi connectivity index (χ2v) is 9.02. The Morgan fingerprint density at radius 1 is 1.12 bits per heavy atom. The molecule has 1 atom stereocenters. The topological polar surface area (TPSA) is 79.7 Å². The van der Waals surface area contributed by atoms with E-state index in [1.807, 2.05) is 20.8 Å². The molecule has 1 aliphatic rings. The van der Waals surface area contributed by atoms with E-state index in [4.69, 9.17) is 16.3 Å². The number of hydrogen-bond acceptors (Lipinski definition) is 5. The number of amides is 1. The summed E-state index contributed by atoms with van der Waals surface area (Å²) >= 11 is 6.33. The number of ketones is 1. The van der Waals surface area contributed by atoms with Gasteiger partial charge >= 0.3 is 0 Å². The Labute approximate surface area is 203 Å². The van der Waals surface area contributed by atoms with Gasteiger partial charge in [-0.1, -0.05) is 43.6 Å². The highest BCUT2D eigenvalue weighted by Gasteiger charge is 2.47. The average molecular weight is 477 g/mol. The SMILES string of the molecule is Cc1ccc(N2C(=O)C(=O)/C(=C(/O)c3cccc(OCC(C)C)c3)C2c2ccncc2)cc1Cl. The van der Waals surface area contributed by atoms with E-state index < -0.39 is 17.7 Å². The predicted molar refractivity (Wildman–Crippen MR) is 132 cm³/mol. The molecule has 2 aromatic carbocycles. The molecule has 7 heteroatoms. The summed E-state index contributed by atoms with van der Waals surface area (Å²) in [5.74, 6) is -0.885. The van der Waals surface area contributed by atoms with Crippen LogP contribution in [-0.2, 0) is 9.59 Å². The van der Waals surface area contributed by atoms with E-state index in [1.54, 1.807) is 67.0 Å². The van der Waals surface area contributed by atoms with Crippen LogP contribution < -0.4 is 9.64 Å². The lowest BCUT2D eigenvalue weighted by atomic mass is 9.95. The van der Waals surface area contributed by atoms with Gasteiger partial charge in [0, 0.05) is 28.7 Å². The molecule has 0 bridgehead atoms. The summed E-state index contributed by atoms with van der Waals surface area (Å²) in [7, 11) is 0. The minimum Gasteiger partial charge on any atom is -0.507 e. The average Bonchev–Trinajstić information content (AvgIpc) is 3.10. The second-order valence-electron chi connectivity index (χ2n) is 8.62. The van der Waals surface area contributed by atoms with Crippen LogP contribution in [0.5, 0.6) is 5.75 Å². The standard InChI is InChI=1S/C27H25ClN2O4/c1-16(2)15-34-21-6-4-5-19(13-21)25(31)23-24(18-9-11-29-12-10-18)30(27(33)26(23)32)20-8-7-17(3)22(28)14-20/h4-14,16,24,31H,15H2,1-3H3/b25-23+. The first-order valence-electron chi connectivity index (χ1n) is 11.0. The number of rotatable bonds is 6. The first-order chi connectivity index (χ1) is 16.3. The molecule has 1 aromatic heterocycles. The van der Waals surface area contributed by atoms with Crippen molar-refractivity contribution >= 4 is 34.7 Å². The first-order valence-corrected chi connectivity index (χ1v) is 11.4. The third-order valence-electron chi connectivity index (χ3n) is 5.59. The Morgan fingerprint density at radius 3 is 2.53 bits per heavy atom. The molecule has 0 spiro atoms. The predicted octanol–water partition coefficient (Wildman–Crippen LogP) is 5.70. The van der Waals surface area contributed by atoms with Gasteiger partial charge in [0.15, 0.2) is 0 Å². The Hall–Kier alpha value is -3.64. The molecule has 1 amide bonds. The van der Waals surface area contributed by atoms with Gasteiger partial charge in [-0.15, -0.1) is 0 Å². The number of Topliss-reactive ketones (excluding diaryl/α,β-unsaturated/α-hetero) is 1. The first kappa shape index (κ1) is 23.5. The molecule has 1 N–H and O–H groups in total. The number of ether oxygens (including phenoxy) is 1. The number of nitrogens with zero attached hydrogens (tertiary/aromatic N) is 2. The summed E-state index contributed by atoms with van der Waals surface area (Å²) in [6, 6.07) is 14.6. The Balaban J connectivity index is 1.86. The zero-order valence-corrected chi connectivity index (χ0v) is 19.9. The van der Waals surface area contributed by atoms with Crippen LogP contribution in [0.2, 0.25) is 5.02 Å². The van der Waals surface area contributed by atoms with Crippen molar-refractivity contribution in [2.45, 2.75) is 26.8 Å². The third-order valence-corrected chi connectivity index (χ3v) is 6.00. The van der Waals surface area contributed by atoms with Crippen LogP contribution >= 0.6 is 11.6 Å². The molecule has 0 radical (unpaired) electrons. The van der Waals surface area contributed by atoms with Gasteiger partial charge in [0.25, 0.3) is 11.7 Å². The maximum atomic E-state index is 13.3. The van der Waals surface area contributed by atoms with Crippen molar-refractivity contribution in [1.29, 1.82) is 0 Å². The van der Waals surface area contributed by atoms with Gasteiger partial charge in [0.2, 0.25) is 0 Å². The molecule has 0 aliphatic carbocycles. The molecule has 1 saturated heterocycles. The maximum Gasteiger partial charge on any atom is 0.300 e. The number of pyridine rings is 1. The van der Waals surface area contributed by atoms with Gasteiger partial charge in [-0.05, 0) is 60.4 Å². The highest BCUT2D eigenvalue weighted by molar-refractivity contribution is 6.51. The van der Waals surface area contributed by atoms with Gasteiger partial charge < -0.3 is 9.84 Å². The van der Waals surface area contributed by atoms with Crippen molar-refractivity contribution in [2.24, 2.45) is 5.92 Å². The number of carbonyl (C=O) groups is 2. The number of aliphatic hydroxyl groups excluding tert-OH is 1. The fourth-order valence-corrected chi connectivity index (χ4v) is 4.02. The fraction of sp³-hybridized carbons (Fsp3) is 0.222. The van der Waals surface area contributed by atoms with Gasteiger partial charge in [0.05, 0.1) is 18.2 Å². The second kappa shape index (κ2) is 9.69. The van der Waals surface area contributed by atoms with Crippen LogP contribution in [0.15, 0.2) is 72.6 Å². The number of hydrogen-bond donors (Lipinski definition) is 1. The summed E-state index contributed by atoms with van der Waals surface area (Å²) in [4.78, 5) is 31.9. The van der Waals surface area contributed by atoms with Crippen LogP contribution in [0.3, 0.4) is 0 Å². The van der Waals surface area contributed by atoms with E-state index in [2.05, 4.69) is 4.98 Å². The van der Waals surface area contributed by atoms with E-state index in [0.717, 1.165) is 5.56 Å². The molecular formula is C27H25ClN2O4. The van der Waals surface area contributed by atoms with Crippen molar-refractivity contribution in [1.82, 2.24) is 4.98 Å². The molecule has 6 nitrogen and oxygen atoms in total. The normalized spacial score (nSPS) is 17.4.